The average molecular weight is 268 g/mol. The molecule has 0 saturated carbocycles. The minimum atomic E-state index is -4.55. The highest BCUT2D eigenvalue weighted by Gasteiger charge is 2.56. The molecule has 0 aromatic rings. The van der Waals surface area contributed by atoms with E-state index in [0.29, 0.717) is 13.0 Å². The van der Waals surface area contributed by atoms with Crippen molar-refractivity contribution in [2.24, 2.45) is 11.1 Å². The van der Waals surface area contributed by atoms with Crippen LogP contribution in [0.5, 0.6) is 0 Å². The van der Waals surface area contributed by atoms with Crippen LogP contribution in [0.25, 0.3) is 0 Å². The van der Waals surface area contributed by atoms with Gasteiger partial charge in [0.1, 0.15) is 0 Å². The van der Waals surface area contributed by atoms with Gasteiger partial charge >= 0.3 is 6.18 Å². The first-order valence-corrected chi connectivity index (χ1v) is 6.23. The van der Waals surface area contributed by atoms with Gasteiger partial charge in [0.15, 0.2) is 5.60 Å². The number of aliphatic hydroxyl groups is 1. The normalized spacial score (nSPS) is 28.7. The summed E-state index contributed by atoms with van der Waals surface area (Å²) >= 11 is 0. The van der Waals surface area contributed by atoms with Gasteiger partial charge < -0.3 is 10.8 Å². The van der Waals surface area contributed by atoms with Crippen molar-refractivity contribution in [1.29, 1.82) is 0 Å². The Bertz CT molecular complexity index is 288. The Hall–Kier alpha value is -0.330. The summed E-state index contributed by atoms with van der Waals surface area (Å²) in [5, 5.41) is 9.53. The quantitative estimate of drug-likeness (QED) is 0.820. The van der Waals surface area contributed by atoms with E-state index in [1.165, 1.54) is 0 Å². The van der Waals surface area contributed by atoms with Crippen LogP contribution < -0.4 is 5.73 Å². The SMILES string of the molecule is CC(C)(C)C(N)CCN1CCC(O)(C(F)(F)F)C1. The van der Waals surface area contributed by atoms with Crippen molar-refractivity contribution in [3.8, 4) is 0 Å². The number of nitrogens with zero attached hydrogens (tertiary/aromatic N) is 1. The second-order valence-electron chi connectivity index (χ2n) is 6.32. The summed E-state index contributed by atoms with van der Waals surface area (Å²) in [4.78, 5) is 1.64. The molecule has 0 spiro atoms. The maximum atomic E-state index is 12.6. The molecule has 1 aliphatic rings. The minimum absolute atomic E-state index is 0.0555. The van der Waals surface area contributed by atoms with Gasteiger partial charge in [-0.15, -0.1) is 0 Å². The smallest absolute Gasteiger partial charge is 0.379 e. The molecule has 0 radical (unpaired) electrons. The highest BCUT2D eigenvalue weighted by Crippen LogP contribution is 2.37. The molecule has 1 aliphatic heterocycles. The number of likely N-dealkylation sites (tertiary alicyclic amines) is 1. The summed E-state index contributed by atoms with van der Waals surface area (Å²) in [6.07, 6.45) is -4.16. The molecule has 1 rings (SSSR count). The first-order valence-electron chi connectivity index (χ1n) is 6.23. The second kappa shape index (κ2) is 4.98. The molecule has 0 aliphatic carbocycles. The fourth-order valence-corrected chi connectivity index (χ4v) is 2.05. The Balaban J connectivity index is 2.45. The molecular weight excluding hydrogens is 245 g/mol. The van der Waals surface area contributed by atoms with Crippen molar-refractivity contribution < 1.29 is 18.3 Å². The summed E-state index contributed by atoms with van der Waals surface area (Å²) in [6, 6.07) is -0.0583. The van der Waals surface area contributed by atoms with E-state index in [1.54, 1.807) is 4.90 Å². The van der Waals surface area contributed by atoms with E-state index in [0.717, 1.165) is 0 Å². The van der Waals surface area contributed by atoms with Gasteiger partial charge in [-0.25, -0.2) is 0 Å². The number of hydrogen-bond acceptors (Lipinski definition) is 3. The Morgan fingerprint density at radius 1 is 1.33 bits per heavy atom. The van der Waals surface area contributed by atoms with Crippen molar-refractivity contribution in [3.05, 3.63) is 0 Å². The maximum absolute atomic E-state index is 12.6. The molecule has 3 nitrogen and oxygen atoms in total. The molecule has 1 saturated heterocycles. The van der Waals surface area contributed by atoms with E-state index < -0.39 is 11.8 Å². The van der Waals surface area contributed by atoms with Gasteiger partial charge in [-0.05, 0) is 24.8 Å². The van der Waals surface area contributed by atoms with E-state index >= 15 is 0 Å². The van der Waals surface area contributed by atoms with Gasteiger partial charge in [0.25, 0.3) is 0 Å². The number of nitrogens with two attached hydrogens (primary N) is 1. The third-order valence-electron chi connectivity index (χ3n) is 3.72. The summed E-state index contributed by atoms with van der Waals surface area (Å²) in [6.45, 7) is 6.45. The van der Waals surface area contributed by atoms with Gasteiger partial charge in [-0.2, -0.15) is 13.2 Å². The van der Waals surface area contributed by atoms with Gasteiger partial charge in [-0.3, -0.25) is 4.90 Å². The Labute approximate surface area is 106 Å². The summed E-state index contributed by atoms with van der Waals surface area (Å²) in [5.74, 6) is 0. The second-order valence-corrected chi connectivity index (χ2v) is 6.32. The molecule has 18 heavy (non-hydrogen) atoms. The number of alkyl halides is 3. The highest BCUT2D eigenvalue weighted by molar-refractivity contribution is 4.96. The standard InChI is InChI=1S/C12H23F3N2O/c1-10(2,3)9(16)4-6-17-7-5-11(18,8-17)12(13,14)15/h9,18H,4-8,16H2,1-3H3. The fourth-order valence-electron chi connectivity index (χ4n) is 2.05. The van der Waals surface area contributed by atoms with Crippen molar-refractivity contribution >= 4 is 0 Å². The molecule has 0 aromatic heterocycles. The molecule has 1 fully saturated rings. The fraction of sp³-hybridized carbons (Fsp3) is 1.00. The molecule has 0 aromatic carbocycles. The van der Waals surface area contributed by atoms with Crippen LogP contribution in [-0.2, 0) is 0 Å². The first-order chi connectivity index (χ1) is 7.96. The molecule has 108 valence electrons. The summed E-state index contributed by atoms with van der Waals surface area (Å²) in [7, 11) is 0. The lowest BCUT2D eigenvalue weighted by Crippen LogP contribution is -2.47. The van der Waals surface area contributed by atoms with Gasteiger partial charge in [0, 0.05) is 19.1 Å². The summed E-state index contributed by atoms with van der Waals surface area (Å²) in [5.41, 5.74) is 3.37. The third kappa shape index (κ3) is 3.59. The average Bonchev–Trinajstić information content (AvgIpc) is 2.55. The topological polar surface area (TPSA) is 49.5 Å². The van der Waals surface area contributed by atoms with Crippen LogP contribution in [0.3, 0.4) is 0 Å². The van der Waals surface area contributed by atoms with Crippen molar-refractivity contribution in [2.45, 2.75) is 51.4 Å². The predicted molar refractivity (Wildman–Crippen MR) is 64.1 cm³/mol. The zero-order chi connectivity index (χ0) is 14.2. The van der Waals surface area contributed by atoms with E-state index in [1.807, 2.05) is 20.8 Å². The summed E-state index contributed by atoms with van der Waals surface area (Å²) < 4.78 is 37.8. The highest BCUT2D eigenvalue weighted by atomic mass is 19.4. The van der Waals surface area contributed by atoms with Crippen LogP contribution >= 0.6 is 0 Å². The van der Waals surface area contributed by atoms with Gasteiger partial charge in [-0.1, -0.05) is 20.8 Å². The van der Waals surface area contributed by atoms with Gasteiger partial charge in [0.2, 0.25) is 0 Å². The van der Waals surface area contributed by atoms with Crippen LogP contribution in [0.15, 0.2) is 0 Å². The van der Waals surface area contributed by atoms with Crippen LogP contribution in [0.1, 0.15) is 33.6 Å². The van der Waals surface area contributed by atoms with Crippen molar-refractivity contribution in [1.82, 2.24) is 4.90 Å². The monoisotopic (exact) mass is 268 g/mol. The van der Waals surface area contributed by atoms with E-state index in [-0.39, 0.29) is 31.0 Å². The molecule has 2 unspecified atom stereocenters. The molecular formula is C12H23F3N2O. The molecule has 0 bridgehead atoms. The van der Waals surface area contributed by atoms with E-state index in [9.17, 15) is 18.3 Å². The molecule has 0 amide bonds. The number of β-amino-alcohol motifs (C(OH)–C–C–N with tert-alkyl or cyclic N) is 1. The third-order valence-corrected chi connectivity index (χ3v) is 3.72. The minimum Gasteiger partial charge on any atom is -0.379 e. The molecule has 6 heteroatoms. The zero-order valence-corrected chi connectivity index (χ0v) is 11.2. The lowest BCUT2D eigenvalue weighted by molar-refractivity contribution is -0.253. The Kier molecular flexibility index (Phi) is 4.35. The predicted octanol–water partition coefficient (Wildman–Crippen LogP) is 1.75. The molecule has 3 N–H and O–H groups in total. The van der Waals surface area contributed by atoms with Crippen LogP contribution in [0.4, 0.5) is 13.2 Å². The van der Waals surface area contributed by atoms with E-state index in [4.69, 9.17) is 5.73 Å². The number of hydrogen-bond donors (Lipinski definition) is 2. The van der Waals surface area contributed by atoms with E-state index in [2.05, 4.69) is 0 Å². The van der Waals surface area contributed by atoms with Gasteiger partial charge in [0.05, 0.1) is 0 Å². The maximum Gasteiger partial charge on any atom is 0.418 e. The van der Waals surface area contributed by atoms with Crippen LogP contribution in [0.2, 0.25) is 0 Å². The van der Waals surface area contributed by atoms with Crippen molar-refractivity contribution in [2.75, 3.05) is 19.6 Å². The van der Waals surface area contributed by atoms with Crippen molar-refractivity contribution in [3.63, 3.8) is 0 Å². The largest absolute Gasteiger partial charge is 0.418 e. The first kappa shape index (κ1) is 15.7. The Morgan fingerprint density at radius 3 is 2.28 bits per heavy atom. The zero-order valence-electron chi connectivity index (χ0n) is 11.2. The number of rotatable bonds is 3. The van der Waals surface area contributed by atoms with Crippen LogP contribution in [-0.4, -0.2) is 47.5 Å². The van der Waals surface area contributed by atoms with Crippen LogP contribution in [0, 0.1) is 5.41 Å². The molecule has 1 heterocycles. The number of halogens is 3. The lowest BCUT2D eigenvalue weighted by Gasteiger charge is -2.29. The lowest BCUT2D eigenvalue weighted by atomic mass is 9.85. The Morgan fingerprint density at radius 2 is 1.89 bits per heavy atom. The molecule has 2 atom stereocenters.